The summed E-state index contributed by atoms with van der Waals surface area (Å²) < 4.78 is 0. The van der Waals surface area contributed by atoms with Crippen LogP contribution >= 0.6 is 0 Å². The van der Waals surface area contributed by atoms with E-state index >= 15 is 0 Å². The molecule has 2 nitrogen and oxygen atoms in total. The fourth-order valence-corrected chi connectivity index (χ4v) is 1.51. The monoisotopic (exact) mass is 141 g/mol. The van der Waals surface area contributed by atoms with E-state index in [0.717, 1.165) is 19.3 Å². The predicted octanol–water partition coefficient (Wildman–Crippen LogP) is 1.06. The molecule has 0 radical (unpaired) electrons. The van der Waals surface area contributed by atoms with Crippen LogP contribution in [0.25, 0.3) is 0 Å². The number of rotatable bonds is 1. The maximum Gasteiger partial charge on any atom is 0.149 e. The van der Waals surface area contributed by atoms with Gasteiger partial charge in [0.2, 0.25) is 0 Å². The number of Topliss-reactive ketones (excluding diaryl/α,β-unsaturated/α-hetero) is 1. The van der Waals surface area contributed by atoms with Gasteiger partial charge in [0.25, 0.3) is 0 Å². The minimum Gasteiger partial charge on any atom is -0.300 e. The van der Waals surface area contributed by atoms with E-state index in [1.165, 1.54) is 6.42 Å². The van der Waals surface area contributed by atoms with Gasteiger partial charge in [0.15, 0.2) is 0 Å². The van der Waals surface area contributed by atoms with Gasteiger partial charge in [0.05, 0.1) is 6.04 Å². The zero-order chi connectivity index (χ0) is 7.56. The van der Waals surface area contributed by atoms with Gasteiger partial charge in [-0.3, -0.25) is 9.69 Å². The first-order valence-corrected chi connectivity index (χ1v) is 3.91. The van der Waals surface area contributed by atoms with E-state index in [0.29, 0.717) is 5.78 Å². The summed E-state index contributed by atoms with van der Waals surface area (Å²) in [5, 5.41) is 0. The van der Waals surface area contributed by atoms with E-state index in [9.17, 15) is 4.79 Å². The molecule has 0 N–H and O–H groups in total. The summed E-state index contributed by atoms with van der Waals surface area (Å²) >= 11 is 0. The summed E-state index contributed by atoms with van der Waals surface area (Å²) in [7, 11) is 3.96. The second-order valence-electron chi connectivity index (χ2n) is 3.19. The molecule has 10 heavy (non-hydrogen) atoms. The van der Waals surface area contributed by atoms with E-state index in [-0.39, 0.29) is 6.04 Å². The number of carbonyl (C=O) groups excluding carboxylic acids is 1. The summed E-state index contributed by atoms with van der Waals surface area (Å²) in [6.07, 6.45) is 4.17. The van der Waals surface area contributed by atoms with Crippen LogP contribution in [-0.4, -0.2) is 30.8 Å². The van der Waals surface area contributed by atoms with E-state index in [1.807, 2.05) is 19.0 Å². The Balaban J connectivity index is 2.48. The Labute approximate surface area is 62.2 Å². The van der Waals surface area contributed by atoms with Gasteiger partial charge in [-0.2, -0.15) is 0 Å². The summed E-state index contributed by atoms with van der Waals surface area (Å²) in [5.41, 5.74) is 0. The Morgan fingerprint density at radius 3 is 2.50 bits per heavy atom. The molecule has 0 unspecified atom stereocenters. The van der Waals surface area contributed by atoms with Crippen molar-refractivity contribution in [2.45, 2.75) is 31.7 Å². The Kier molecular flexibility index (Phi) is 2.44. The minimum atomic E-state index is 0.216. The number of carbonyl (C=O) groups is 1. The van der Waals surface area contributed by atoms with E-state index < -0.39 is 0 Å². The van der Waals surface area contributed by atoms with Gasteiger partial charge in [-0.05, 0) is 26.9 Å². The first-order valence-electron chi connectivity index (χ1n) is 3.91. The predicted molar refractivity (Wildman–Crippen MR) is 41.0 cm³/mol. The van der Waals surface area contributed by atoms with Gasteiger partial charge >= 0.3 is 0 Å². The molecule has 58 valence electrons. The molecule has 1 fully saturated rings. The van der Waals surface area contributed by atoms with Crippen LogP contribution in [-0.2, 0) is 4.79 Å². The molecule has 0 aromatic heterocycles. The van der Waals surface area contributed by atoms with Crippen LogP contribution in [0.4, 0.5) is 0 Å². The van der Waals surface area contributed by atoms with Crippen LogP contribution < -0.4 is 0 Å². The van der Waals surface area contributed by atoms with Crippen LogP contribution in [0, 0.1) is 0 Å². The van der Waals surface area contributed by atoms with Gasteiger partial charge < -0.3 is 0 Å². The summed E-state index contributed by atoms with van der Waals surface area (Å²) in [6.45, 7) is 0. The third kappa shape index (κ3) is 1.57. The zero-order valence-corrected chi connectivity index (χ0v) is 6.76. The fourth-order valence-electron chi connectivity index (χ4n) is 1.51. The average molecular weight is 141 g/mol. The van der Waals surface area contributed by atoms with Crippen molar-refractivity contribution >= 4 is 5.78 Å². The highest BCUT2D eigenvalue weighted by Crippen LogP contribution is 2.17. The fraction of sp³-hybridized carbons (Fsp3) is 0.875. The largest absolute Gasteiger partial charge is 0.300 e. The van der Waals surface area contributed by atoms with Gasteiger partial charge in [-0.15, -0.1) is 0 Å². The van der Waals surface area contributed by atoms with Crippen molar-refractivity contribution in [1.29, 1.82) is 0 Å². The molecule has 2 heteroatoms. The lowest BCUT2D eigenvalue weighted by Gasteiger charge is -2.26. The lowest BCUT2D eigenvalue weighted by molar-refractivity contribution is -0.125. The molecule has 0 aromatic rings. The van der Waals surface area contributed by atoms with Crippen molar-refractivity contribution in [2.24, 2.45) is 0 Å². The van der Waals surface area contributed by atoms with Crippen LogP contribution in [0.1, 0.15) is 25.7 Å². The second-order valence-corrected chi connectivity index (χ2v) is 3.19. The van der Waals surface area contributed by atoms with E-state index in [2.05, 4.69) is 0 Å². The van der Waals surface area contributed by atoms with Crippen LogP contribution in [0.3, 0.4) is 0 Å². The van der Waals surface area contributed by atoms with Crippen molar-refractivity contribution in [1.82, 2.24) is 4.90 Å². The van der Waals surface area contributed by atoms with Crippen LogP contribution in [0.15, 0.2) is 0 Å². The lowest BCUT2D eigenvalue weighted by atomic mass is 9.93. The molecule has 0 saturated heterocycles. The number of nitrogens with zero attached hydrogens (tertiary/aromatic N) is 1. The number of ketones is 1. The minimum absolute atomic E-state index is 0.216. The normalized spacial score (nSPS) is 27.5. The SMILES string of the molecule is CN(C)[C@@H]1CCCCC1=O. The number of likely N-dealkylation sites (N-methyl/N-ethyl adjacent to an activating group) is 1. The average Bonchev–Trinajstić information content (AvgIpc) is 1.88. The molecule has 0 spiro atoms. The molecule has 0 aliphatic heterocycles. The van der Waals surface area contributed by atoms with Crippen LogP contribution in [0.5, 0.6) is 0 Å². The molecular weight excluding hydrogens is 126 g/mol. The van der Waals surface area contributed by atoms with Crippen molar-refractivity contribution < 1.29 is 4.79 Å². The molecule has 1 atom stereocenters. The molecule has 0 bridgehead atoms. The molecule has 1 aliphatic rings. The molecule has 1 aliphatic carbocycles. The third-order valence-corrected chi connectivity index (χ3v) is 2.15. The first kappa shape index (κ1) is 7.73. The number of hydrogen-bond donors (Lipinski definition) is 0. The summed E-state index contributed by atoms with van der Waals surface area (Å²) in [4.78, 5) is 13.2. The molecule has 0 heterocycles. The number of hydrogen-bond acceptors (Lipinski definition) is 2. The standard InChI is InChI=1S/C8H15NO/c1-9(2)7-5-3-4-6-8(7)10/h7H,3-6H2,1-2H3/t7-/m1/s1. The highest BCUT2D eigenvalue weighted by Gasteiger charge is 2.23. The van der Waals surface area contributed by atoms with Gasteiger partial charge in [0.1, 0.15) is 5.78 Å². The highest BCUT2D eigenvalue weighted by atomic mass is 16.1. The van der Waals surface area contributed by atoms with Crippen molar-refractivity contribution in [3.63, 3.8) is 0 Å². The highest BCUT2D eigenvalue weighted by molar-refractivity contribution is 5.84. The summed E-state index contributed by atoms with van der Waals surface area (Å²) in [5.74, 6) is 0.427. The van der Waals surface area contributed by atoms with Crippen molar-refractivity contribution in [3.05, 3.63) is 0 Å². The van der Waals surface area contributed by atoms with Crippen molar-refractivity contribution in [3.8, 4) is 0 Å². The topological polar surface area (TPSA) is 20.3 Å². The second kappa shape index (κ2) is 3.15. The smallest absolute Gasteiger partial charge is 0.149 e. The molecule has 0 aromatic carbocycles. The maximum atomic E-state index is 11.2. The summed E-state index contributed by atoms with van der Waals surface area (Å²) in [6, 6.07) is 0.216. The first-order chi connectivity index (χ1) is 4.72. The van der Waals surface area contributed by atoms with E-state index in [4.69, 9.17) is 0 Å². The van der Waals surface area contributed by atoms with Gasteiger partial charge in [-0.1, -0.05) is 6.42 Å². The van der Waals surface area contributed by atoms with Gasteiger partial charge in [0, 0.05) is 6.42 Å². The molecule has 0 amide bonds. The molecule has 1 rings (SSSR count). The Hall–Kier alpha value is -0.370. The Morgan fingerprint density at radius 2 is 2.10 bits per heavy atom. The molecule has 1 saturated carbocycles. The lowest BCUT2D eigenvalue weighted by Crippen LogP contribution is -2.37. The maximum absolute atomic E-state index is 11.2. The van der Waals surface area contributed by atoms with Crippen LogP contribution in [0.2, 0.25) is 0 Å². The van der Waals surface area contributed by atoms with Gasteiger partial charge in [-0.25, -0.2) is 0 Å². The Bertz CT molecular complexity index is 131. The van der Waals surface area contributed by atoms with E-state index in [1.54, 1.807) is 0 Å². The third-order valence-electron chi connectivity index (χ3n) is 2.15. The zero-order valence-electron chi connectivity index (χ0n) is 6.76. The molecular formula is C8H15NO. The Morgan fingerprint density at radius 1 is 1.40 bits per heavy atom. The quantitative estimate of drug-likeness (QED) is 0.544. The van der Waals surface area contributed by atoms with Crippen molar-refractivity contribution in [2.75, 3.05) is 14.1 Å².